The summed E-state index contributed by atoms with van der Waals surface area (Å²) in [4.78, 5) is 14.4. The van der Waals surface area contributed by atoms with E-state index in [1.165, 1.54) is 40.3 Å². The molecule has 0 unspecified atom stereocenters. The smallest absolute Gasteiger partial charge is 0.266 e. The predicted molar refractivity (Wildman–Crippen MR) is 122 cm³/mol. The second kappa shape index (κ2) is 9.94. The number of thioether (sulfide) groups is 2. The first-order valence-corrected chi connectivity index (χ1v) is 11.5. The van der Waals surface area contributed by atoms with Gasteiger partial charge in [-0.05, 0) is 35.4 Å². The van der Waals surface area contributed by atoms with Crippen molar-refractivity contribution in [1.29, 1.82) is 0 Å². The van der Waals surface area contributed by atoms with Crippen molar-refractivity contribution >= 4 is 23.5 Å². The van der Waals surface area contributed by atoms with Gasteiger partial charge in [-0.1, -0.05) is 54.6 Å². The highest BCUT2D eigenvalue weighted by atomic mass is 32.2. The summed E-state index contributed by atoms with van der Waals surface area (Å²) in [5.74, 6) is 0.0545. The van der Waals surface area contributed by atoms with E-state index in [9.17, 15) is 13.6 Å². The van der Waals surface area contributed by atoms with E-state index in [1.807, 2.05) is 18.2 Å². The van der Waals surface area contributed by atoms with Gasteiger partial charge in [0.25, 0.3) is 5.56 Å². The molecule has 1 heterocycles. The van der Waals surface area contributed by atoms with E-state index >= 15 is 0 Å². The van der Waals surface area contributed by atoms with Gasteiger partial charge in [-0.3, -0.25) is 4.79 Å². The molecule has 0 N–H and O–H groups in total. The molecule has 0 atom stereocenters. The summed E-state index contributed by atoms with van der Waals surface area (Å²) in [7, 11) is 0. The molecule has 0 radical (unpaired) electrons. The van der Waals surface area contributed by atoms with Gasteiger partial charge in [0.2, 0.25) is 0 Å². The zero-order valence-corrected chi connectivity index (χ0v) is 18.0. The Balaban J connectivity index is 1.68. The first kappa shape index (κ1) is 21.3. The van der Waals surface area contributed by atoms with Gasteiger partial charge in [0, 0.05) is 16.4 Å². The number of nitrogens with zero attached hydrogens (tertiary/aromatic N) is 2. The molecule has 0 aliphatic heterocycles. The molecular weight excluding hydrogens is 434 g/mol. The average molecular weight is 453 g/mol. The fourth-order valence-corrected chi connectivity index (χ4v) is 5.13. The van der Waals surface area contributed by atoms with Crippen LogP contribution in [-0.2, 0) is 11.5 Å². The van der Waals surface area contributed by atoms with Crippen LogP contribution < -0.4 is 5.56 Å². The molecule has 3 aromatic carbocycles. The molecule has 0 aliphatic rings. The predicted octanol–water partition coefficient (Wildman–Crippen LogP) is 6.10. The Bertz CT molecular complexity index is 1250. The monoisotopic (exact) mass is 452 g/mol. The van der Waals surface area contributed by atoms with Gasteiger partial charge in [-0.15, -0.1) is 23.5 Å². The van der Waals surface area contributed by atoms with E-state index in [0.717, 1.165) is 0 Å². The summed E-state index contributed by atoms with van der Waals surface area (Å²) in [6.45, 7) is 0. The van der Waals surface area contributed by atoms with Gasteiger partial charge in [-0.2, -0.15) is 9.78 Å². The number of para-hydroxylation sites is 1. The molecule has 0 amide bonds. The minimum atomic E-state index is -0.312. The minimum Gasteiger partial charge on any atom is -0.266 e. The largest absolute Gasteiger partial charge is 0.286 e. The third-order valence-electron chi connectivity index (χ3n) is 4.57. The van der Waals surface area contributed by atoms with E-state index in [1.54, 1.807) is 54.7 Å². The van der Waals surface area contributed by atoms with E-state index in [0.29, 0.717) is 38.1 Å². The molecular formula is C24H18F2N2OS2. The highest BCUT2D eigenvalue weighted by molar-refractivity contribution is 8.01. The molecule has 4 rings (SSSR count). The van der Waals surface area contributed by atoms with E-state index < -0.39 is 0 Å². The first-order chi connectivity index (χ1) is 15.1. The molecule has 0 bridgehead atoms. The maximum atomic E-state index is 14.1. The SMILES string of the molecule is O=c1c(SCc2ccccc2F)c(SCc2ccccc2F)cnn1-c1ccccc1. The molecule has 0 spiro atoms. The van der Waals surface area contributed by atoms with Crippen LogP contribution in [0.15, 0.2) is 99.6 Å². The van der Waals surface area contributed by atoms with Crippen molar-refractivity contribution in [3.05, 3.63) is 118 Å². The Hall–Kier alpha value is -2.90. The average Bonchev–Trinajstić information content (AvgIpc) is 2.79. The zero-order chi connectivity index (χ0) is 21.6. The van der Waals surface area contributed by atoms with Crippen LogP contribution in [0.4, 0.5) is 8.78 Å². The van der Waals surface area contributed by atoms with Crippen LogP contribution in [0.5, 0.6) is 0 Å². The van der Waals surface area contributed by atoms with Crippen LogP contribution >= 0.6 is 23.5 Å². The van der Waals surface area contributed by atoms with Crippen molar-refractivity contribution in [2.24, 2.45) is 0 Å². The third-order valence-corrected chi connectivity index (χ3v) is 6.92. The maximum absolute atomic E-state index is 14.1. The second-order valence-corrected chi connectivity index (χ2v) is 8.65. The lowest BCUT2D eigenvalue weighted by Crippen LogP contribution is -2.23. The Kier molecular flexibility index (Phi) is 6.84. The number of aromatic nitrogens is 2. The zero-order valence-electron chi connectivity index (χ0n) is 16.4. The van der Waals surface area contributed by atoms with Crippen molar-refractivity contribution < 1.29 is 8.78 Å². The Morgan fingerprint density at radius 3 is 1.90 bits per heavy atom. The highest BCUT2D eigenvalue weighted by Crippen LogP contribution is 2.32. The summed E-state index contributed by atoms with van der Waals surface area (Å²) in [5, 5.41) is 4.32. The van der Waals surface area contributed by atoms with E-state index in [2.05, 4.69) is 5.10 Å². The minimum absolute atomic E-state index is 0.286. The lowest BCUT2D eigenvalue weighted by atomic mass is 10.2. The summed E-state index contributed by atoms with van der Waals surface area (Å²) >= 11 is 2.60. The van der Waals surface area contributed by atoms with E-state index in [4.69, 9.17) is 0 Å². The number of benzene rings is 3. The molecule has 4 aromatic rings. The lowest BCUT2D eigenvalue weighted by molar-refractivity contribution is 0.617. The van der Waals surface area contributed by atoms with Crippen molar-refractivity contribution in [3.63, 3.8) is 0 Å². The normalized spacial score (nSPS) is 10.9. The van der Waals surface area contributed by atoms with Crippen LogP contribution in [0.1, 0.15) is 11.1 Å². The van der Waals surface area contributed by atoms with Crippen molar-refractivity contribution in [2.75, 3.05) is 0 Å². The van der Waals surface area contributed by atoms with Crippen molar-refractivity contribution in [1.82, 2.24) is 9.78 Å². The van der Waals surface area contributed by atoms with Crippen LogP contribution in [0.25, 0.3) is 5.69 Å². The highest BCUT2D eigenvalue weighted by Gasteiger charge is 2.16. The lowest BCUT2D eigenvalue weighted by Gasteiger charge is -2.12. The van der Waals surface area contributed by atoms with Crippen molar-refractivity contribution in [3.8, 4) is 5.69 Å². The number of hydrogen-bond acceptors (Lipinski definition) is 4. The number of hydrogen-bond donors (Lipinski definition) is 0. The van der Waals surface area contributed by atoms with Gasteiger partial charge in [0.1, 0.15) is 11.6 Å². The van der Waals surface area contributed by atoms with Gasteiger partial charge in [0.05, 0.1) is 16.8 Å². The summed E-state index contributed by atoms with van der Waals surface area (Å²) in [6, 6.07) is 22.2. The third kappa shape index (κ3) is 5.06. The molecule has 0 saturated carbocycles. The Morgan fingerprint density at radius 1 is 0.742 bits per heavy atom. The number of rotatable bonds is 7. The Labute approximate surface area is 187 Å². The van der Waals surface area contributed by atoms with Crippen molar-refractivity contribution in [2.45, 2.75) is 21.3 Å². The fourth-order valence-electron chi connectivity index (χ4n) is 2.95. The van der Waals surface area contributed by atoms with E-state index in [-0.39, 0.29) is 17.2 Å². The van der Waals surface area contributed by atoms with Crippen LogP contribution in [0.3, 0.4) is 0 Å². The summed E-state index contributed by atoms with van der Waals surface area (Å²) in [6.07, 6.45) is 1.61. The van der Waals surface area contributed by atoms with Crippen LogP contribution in [0, 0.1) is 11.6 Å². The fraction of sp³-hybridized carbons (Fsp3) is 0.0833. The van der Waals surface area contributed by atoms with Crippen LogP contribution in [0.2, 0.25) is 0 Å². The molecule has 0 fully saturated rings. The summed E-state index contributed by atoms with van der Waals surface area (Å²) in [5.41, 5.74) is 1.42. The molecule has 156 valence electrons. The molecule has 0 aliphatic carbocycles. The molecule has 3 nitrogen and oxygen atoms in total. The first-order valence-electron chi connectivity index (χ1n) is 9.53. The molecule has 7 heteroatoms. The molecule has 1 aromatic heterocycles. The standard InChI is InChI=1S/C24H18F2N2OS2/c25-20-12-6-4-8-17(20)15-30-22-14-27-28(19-10-2-1-3-11-19)24(29)23(22)31-16-18-9-5-7-13-21(18)26/h1-14H,15-16H2. The van der Waals surface area contributed by atoms with Gasteiger partial charge >= 0.3 is 0 Å². The van der Waals surface area contributed by atoms with Crippen LogP contribution in [-0.4, -0.2) is 9.78 Å². The Morgan fingerprint density at radius 2 is 1.29 bits per heavy atom. The van der Waals surface area contributed by atoms with Gasteiger partial charge in [-0.25, -0.2) is 8.78 Å². The maximum Gasteiger partial charge on any atom is 0.286 e. The molecule has 0 saturated heterocycles. The quantitative estimate of drug-likeness (QED) is 0.318. The number of halogens is 2. The summed E-state index contributed by atoms with van der Waals surface area (Å²) < 4.78 is 29.5. The van der Waals surface area contributed by atoms with Gasteiger partial charge in [0.15, 0.2) is 0 Å². The second-order valence-electron chi connectivity index (χ2n) is 6.65. The topological polar surface area (TPSA) is 34.9 Å². The van der Waals surface area contributed by atoms with Gasteiger partial charge < -0.3 is 0 Å². The molecule has 31 heavy (non-hydrogen) atoms.